The molecule has 0 radical (unpaired) electrons. The van der Waals surface area contributed by atoms with Gasteiger partial charge in [-0.3, -0.25) is 4.79 Å². The van der Waals surface area contributed by atoms with Gasteiger partial charge in [0, 0.05) is 33.1 Å². The molecule has 0 heterocycles. The highest BCUT2D eigenvalue weighted by Crippen LogP contribution is 2.30. The van der Waals surface area contributed by atoms with Crippen molar-refractivity contribution in [2.45, 2.75) is 39.2 Å². The van der Waals surface area contributed by atoms with Gasteiger partial charge in [0.2, 0.25) is 5.91 Å². The molecule has 88 valence electrons. The molecule has 1 rings (SSSR count). The van der Waals surface area contributed by atoms with Gasteiger partial charge in [-0.2, -0.15) is 0 Å². The van der Waals surface area contributed by atoms with Crippen molar-refractivity contribution < 1.29 is 4.79 Å². The van der Waals surface area contributed by atoms with E-state index in [2.05, 4.69) is 19.2 Å². The van der Waals surface area contributed by atoms with Crippen LogP contribution in [0.3, 0.4) is 0 Å². The van der Waals surface area contributed by atoms with Gasteiger partial charge in [0.15, 0.2) is 0 Å². The van der Waals surface area contributed by atoms with Crippen molar-refractivity contribution in [3.05, 3.63) is 0 Å². The summed E-state index contributed by atoms with van der Waals surface area (Å²) < 4.78 is 0. The van der Waals surface area contributed by atoms with Gasteiger partial charge < -0.3 is 10.2 Å². The van der Waals surface area contributed by atoms with Gasteiger partial charge in [0.1, 0.15) is 0 Å². The second-order valence-electron chi connectivity index (χ2n) is 5.01. The summed E-state index contributed by atoms with van der Waals surface area (Å²) in [5, 5.41) is 3.50. The van der Waals surface area contributed by atoms with E-state index in [0.717, 1.165) is 18.4 Å². The Morgan fingerprint density at radius 3 is 2.47 bits per heavy atom. The number of amides is 1. The predicted octanol–water partition coefficient (Wildman–Crippen LogP) is 1.49. The summed E-state index contributed by atoms with van der Waals surface area (Å²) in [5.74, 6) is 1.78. The molecule has 0 aromatic rings. The third kappa shape index (κ3) is 3.49. The summed E-state index contributed by atoms with van der Waals surface area (Å²) in [4.78, 5) is 13.0. The number of rotatable bonds is 4. The average molecular weight is 212 g/mol. The molecule has 3 unspecified atom stereocenters. The average Bonchev–Trinajstić information content (AvgIpc) is 2.49. The van der Waals surface area contributed by atoms with E-state index in [1.54, 1.807) is 4.90 Å². The highest BCUT2D eigenvalue weighted by Gasteiger charge is 2.28. The second-order valence-corrected chi connectivity index (χ2v) is 5.01. The molecular formula is C12H24N2O. The quantitative estimate of drug-likeness (QED) is 0.765. The lowest BCUT2D eigenvalue weighted by molar-refractivity contribution is -0.128. The van der Waals surface area contributed by atoms with E-state index >= 15 is 0 Å². The first-order valence-electron chi connectivity index (χ1n) is 5.96. The molecule has 1 fully saturated rings. The maximum absolute atomic E-state index is 11.3. The fourth-order valence-corrected chi connectivity index (χ4v) is 2.24. The Labute approximate surface area is 93.2 Å². The molecule has 0 aliphatic heterocycles. The third-order valence-corrected chi connectivity index (χ3v) is 3.71. The van der Waals surface area contributed by atoms with Crippen molar-refractivity contribution in [2.75, 3.05) is 20.6 Å². The summed E-state index contributed by atoms with van der Waals surface area (Å²) in [5.41, 5.74) is 0. The van der Waals surface area contributed by atoms with Gasteiger partial charge in [-0.1, -0.05) is 13.8 Å². The van der Waals surface area contributed by atoms with E-state index in [4.69, 9.17) is 0 Å². The minimum absolute atomic E-state index is 0.209. The molecule has 1 saturated carbocycles. The molecule has 3 heteroatoms. The summed E-state index contributed by atoms with van der Waals surface area (Å²) in [6.07, 6.45) is 3.20. The van der Waals surface area contributed by atoms with Crippen LogP contribution >= 0.6 is 0 Å². The van der Waals surface area contributed by atoms with Crippen LogP contribution in [0.25, 0.3) is 0 Å². The monoisotopic (exact) mass is 212 g/mol. The third-order valence-electron chi connectivity index (χ3n) is 3.71. The zero-order chi connectivity index (χ0) is 11.4. The largest absolute Gasteiger partial charge is 0.349 e. The van der Waals surface area contributed by atoms with Gasteiger partial charge in [0.05, 0.1) is 0 Å². The fourth-order valence-electron chi connectivity index (χ4n) is 2.24. The molecule has 1 N–H and O–H groups in total. The molecular weight excluding hydrogens is 188 g/mol. The lowest BCUT2D eigenvalue weighted by Crippen LogP contribution is -2.35. The van der Waals surface area contributed by atoms with Crippen molar-refractivity contribution in [1.82, 2.24) is 10.2 Å². The minimum Gasteiger partial charge on any atom is -0.349 e. The Balaban J connectivity index is 2.18. The fraction of sp³-hybridized carbons (Fsp3) is 0.917. The summed E-state index contributed by atoms with van der Waals surface area (Å²) in [6, 6.07) is 0.620. The van der Waals surface area contributed by atoms with Crippen LogP contribution in [0.1, 0.15) is 33.1 Å². The van der Waals surface area contributed by atoms with Crippen LogP contribution in [0.4, 0.5) is 0 Å². The lowest BCUT2D eigenvalue weighted by Gasteiger charge is -2.20. The first kappa shape index (κ1) is 12.5. The van der Waals surface area contributed by atoms with Crippen LogP contribution in [0.2, 0.25) is 0 Å². The van der Waals surface area contributed by atoms with E-state index < -0.39 is 0 Å². The Morgan fingerprint density at radius 2 is 2.00 bits per heavy atom. The molecule has 15 heavy (non-hydrogen) atoms. The molecule has 1 aliphatic rings. The van der Waals surface area contributed by atoms with E-state index in [1.165, 1.54) is 12.8 Å². The summed E-state index contributed by atoms with van der Waals surface area (Å²) in [7, 11) is 3.62. The zero-order valence-corrected chi connectivity index (χ0v) is 10.4. The molecule has 0 spiro atoms. The number of carbonyl (C=O) groups excluding carboxylic acids is 1. The first-order chi connectivity index (χ1) is 7.02. The van der Waals surface area contributed by atoms with Crippen molar-refractivity contribution in [3.8, 4) is 0 Å². The van der Waals surface area contributed by atoms with Crippen LogP contribution in [0.15, 0.2) is 0 Å². The van der Waals surface area contributed by atoms with E-state index in [-0.39, 0.29) is 5.91 Å². The van der Waals surface area contributed by atoms with Gasteiger partial charge in [-0.05, 0) is 24.7 Å². The smallest absolute Gasteiger partial charge is 0.223 e. The summed E-state index contributed by atoms with van der Waals surface area (Å²) >= 11 is 0. The number of hydrogen-bond acceptors (Lipinski definition) is 2. The van der Waals surface area contributed by atoms with Crippen LogP contribution in [-0.4, -0.2) is 37.5 Å². The van der Waals surface area contributed by atoms with Crippen LogP contribution in [0.5, 0.6) is 0 Å². The molecule has 0 saturated heterocycles. The van der Waals surface area contributed by atoms with Crippen LogP contribution < -0.4 is 5.32 Å². The summed E-state index contributed by atoms with van der Waals surface area (Å²) in [6.45, 7) is 5.44. The van der Waals surface area contributed by atoms with Crippen molar-refractivity contribution >= 4 is 5.91 Å². The lowest BCUT2D eigenvalue weighted by atomic mass is 9.98. The molecule has 3 nitrogen and oxygen atoms in total. The maximum atomic E-state index is 11.3. The van der Waals surface area contributed by atoms with Crippen molar-refractivity contribution in [3.63, 3.8) is 0 Å². The molecule has 1 amide bonds. The van der Waals surface area contributed by atoms with Gasteiger partial charge >= 0.3 is 0 Å². The molecule has 1 aliphatic carbocycles. The predicted molar refractivity (Wildman–Crippen MR) is 62.7 cm³/mol. The van der Waals surface area contributed by atoms with Gasteiger partial charge in [-0.25, -0.2) is 0 Å². The second kappa shape index (κ2) is 5.50. The van der Waals surface area contributed by atoms with E-state index in [0.29, 0.717) is 12.5 Å². The Hall–Kier alpha value is -0.570. The molecule has 3 atom stereocenters. The normalized spacial score (nSPS) is 30.5. The number of carbonyl (C=O) groups is 1. The highest BCUT2D eigenvalue weighted by atomic mass is 16.2. The standard InChI is InChI=1S/C12H24N2O/c1-9-5-6-11(10(9)2)13-8-7-12(15)14(3)4/h9-11,13H,5-8H2,1-4H3. The minimum atomic E-state index is 0.209. The Morgan fingerprint density at radius 1 is 1.33 bits per heavy atom. The van der Waals surface area contributed by atoms with Gasteiger partial charge in [0.25, 0.3) is 0 Å². The van der Waals surface area contributed by atoms with E-state index in [1.807, 2.05) is 14.1 Å². The van der Waals surface area contributed by atoms with Crippen LogP contribution in [-0.2, 0) is 4.79 Å². The molecule has 0 bridgehead atoms. The molecule has 0 aromatic carbocycles. The maximum Gasteiger partial charge on any atom is 0.223 e. The first-order valence-corrected chi connectivity index (χ1v) is 5.96. The SMILES string of the molecule is CC1CCC(NCCC(=O)N(C)C)C1C. The van der Waals surface area contributed by atoms with Crippen molar-refractivity contribution in [2.24, 2.45) is 11.8 Å². The number of nitrogens with one attached hydrogen (secondary N) is 1. The van der Waals surface area contributed by atoms with E-state index in [9.17, 15) is 4.79 Å². The number of hydrogen-bond donors (Lipinski definition) is 1. The Kier molecular flexibility index (Phi) is 4.58. The highest BCUT2D eigenvalue weighted by molar-refractivity contribution is 5.75. The molecule has 0 aromatic heterocycles. The van der Waals surface area contributed by atoms with Crippen molar-refractivity contribution in [1.29, 1.82) is 0 Å². The Bertz CT molecular complexity index is 216. The zero-order valence-electron chi connectivity index (χ0n) is 10.4. The number of nitrogens with zero attached hydrogens (tertiary/aromatic N) is 1. The topological polar surface area (TPSA) is 32.3 Å². The van der Waals surface area contributed by atoms with Crippen LogP contribution in [0, 0.1) is 11.8 Å². The van der Waals surface area contributed by atoms with Gasteiger partial charge in [-0.15, -0.1) is 0 Å².